The Kier molecular flexibility index (Phi) is 7.06. The van der Waals surface area contributed by atoms with Crippen LogP contribution in [0.5, 0.6) is 0 Å². The molecule has 0 aromatic heterocycles. The van der Waals surface area contributed by atoms with Crippen molar-refractivity contribution in [3.63, 3.8) is 0 Å². The summed E-state index contributed by atoms with van der Waals surface area (Å²) in [6.45, 7) is 0.252. The number of hydrogen-bond donors (Lipinski definition) is 1. The summed E-state index contributed by atoms with van der Waals surface area (Å²) in [7, 11) is -3.80. The maximum Gasteiger partial charge on any atom is 0.416 e. The summed E-state index contributed by atoms with van der Waals surface area (Å²) in [4.78, 5) is 11.9. The Hall–Kier alpha value is -2.55. The summed E-state index contributed by atoms with van der Waals surface area (Å²) in [5.74, 6) is -0.263. The van der Waals surface area contributed by atoms with E-state index in [-0.39, 0.29) is 31.0 Å². The van der Waals surface area contributed by atoms with Crippen LogP contribution in [0.15, 0.2) is 54.6 Å². The van der Waals surface area contributed by atoms with Crippen LogP contribution in [0.2, 0.25) is 0 Å². The Balaban J connectivity index is 1.97. The summed E-state index contributed by atoms with van der Waals surface area (Å²) >= 11 is 0. The van der Waals surface area contributed by atoms with Gasteiger partial charge in [-0.05, 0) is 30.2 Å². The number of halogens is 3. The third kappa shape index (κ3) is 6.56. The molecule has 5 nitrogen and oxygen atoms in total. The van der Waals surface area contributed by atoms with Gasteiger partial charge >= 0.3 is 6.18 Å². The van der Waals surface area contributed by atoms with Crippen LogP contribution in [0.4, 0.5) is 18.9 Å². The van der Waals surface area contributed by atoms with Crippen LogP contribution < -0.4 is 9.62 Å². The zero-order valence-electron chi connectivity index (χ0n) is 15.2. The molecule has 0 spiro atoms. The van der Waals surface area contributed by atoms with Crippen molar-refractivity contribution in [1.82, 2.24) is 5.32 Å². The molecule has 2 aromatic rings. The molecule has 0 unspecified atom stereocenters. The second-order valence-electron chi connectivity index (χ2n) is 6.25. The van der Waals surface area contributed by atoms with Crippen molar-refractivity contribution in [2.24, 2.45) is 0 Å². The normalized spacial score (nSPS) is 11.9. The third-order valence-electron chi connectivity index (χ3n) is 3.96. The number of carbonyl (C=O) groups excluding carboxylic acids is 1. The van der Waals surface area contributed by atoms with Gasteiger partial charge in [0.1, 0.15) is 0 Å². The third-order valence-corrected chi connectivity index (χ3v) is 5.15. The van der Waals surface area contributed by atoms with Gasteiger partial charge in [0.15, 0.2) is 0 Å². The Morgan fingerprint density at radius 3 is 2.36 bits per heavy atom. The predicted octanol–water partition coefficient (Wildman–Crippen LogP) is 3.57. The zero-order valence-corrected chi connectivity index (χ0v) is 16.1. The molecule has 2 rings (SSSR count). The quantitative estimate of drug-likeness (QED) is 0.718. The molecular formula is C19H21F3N2O3S. The van der Waals surface area contributed by atoms with E-state index in [1.807, 2.05) is 30.3 Å². The Morgan fingerprint density at radius 2 is 1.75 bits per heavy atom. The van der Waals surface area contributed by atoms with Gasteiger partial charge in [-0.25, -0.2) is 8.42 Å². The number of benzene rings is 2. The van der Waals surface area contributed by atoms with Gasteiger partial charge in [-0.3, -0.25) is 9.10 Å². The minimum Gasteiger partial charge on any atom is -0.352 e. The number of amides is 1. The number of alkyl halides is 3. The largest absolute Gasteiger partial charge is 0.416 e. The average molecular weight is 414 g/mol. The van der Waals surface area contributed by atoms with Gasteiger partial charge in [-0.15, -0.1) is 0 Å². The fourth-order valence-electron chi connectivity index (χ4n) is 2.59. The van der Waals surface area contributed by atoms with Crippen molar-refractivity contribution < 1.29 is 26.4 Å². The van der Waals surface area contributed by atoms with E-state index in [4.69, 9.17) is 0 Å². The highest BCUT2D eigenvalue weighted by molar-refractivity contribution is 7.92. The summed E-state index contributed by atoms with van der Waals surface area (Å²) in [6.07, 6.45) is -3.43. The van der Waals surface area contributed by atoms with Gasteiger partial charge in [0, 0.05) is 19.5 Å². The molecule has 0 aliphatic heterocycles. The van der Waals surface area contributed by atoms with Crippen molar-refractivity contribution in [3.05, 3.63) is 65.7 Å². The maximum absolute atomic E-state index is 12.9. The maximum atomic E-state index is 12.9. The molecule has 1 amide bonds. The molecule has 0 fully saturated rings. The first kappa shape index (κ1) is 21.7. The number of nitrogens with one attached hydrogen (secondary N) is 1. The van der Waals surface area contributed by atoms with Crippen molar-refractivity contribution in [2.75, 3.05) is 17.1 Å². The SMILES string of the molecule is CS(=O)(=O)N(CCCC(=O)NCc1ccccc1)c1cccc(C(F)(F)F)c1. The average Bonchev–Trinajstić information content (AvgIpc) is 2.63. The fraction of sp³-hybridized carbons (Fsp3) is 0.316. The topological polar surface area (TPSA) is 66.5 Å². The number of sulfonamides is 1. The first-order chi connectivity index (χ1) is 13.1. The highest BCUT2D eigenvalue weighted by Crippen LogP contribution is 2.32. The molecule has 0 saturated carbocycles. The van der Waals surface area contributed by atoms with E-state index in [1.165, 1.54) is 6.07 Å². The van der Waals surface area contributed by atoms with Gasteiger partial charge in [0.05, 0.1) is 17.5 Å². The summed E-state index contributed by atoms with van der Waals surface area (Å²) in [5.41, 5.74) is -0.0844. The smallest absolute Gasteiger partial charge is 0.352 e. The fourth-order valence-corrected chi connectivity index (χ4v) is 3.55. The molecule has 0 aliphatic carbocycles. The van der Waals surface area contributed by atoms with Crippen LogP contribution in [0, 0.1) is 0 Å². The number of hydrogen-bond acceptors (Lipinski definition) is 3. The van der Waals surface area contributed by atoms with Crippen LogP contribution in [-0.2, 0) is 27.5 Å². The summed E-state index contributed by atoms with van der Waals surface area (Å²) < 4.78 is 63.6. The van der Waals surface area contributed by atoms with E-state index in [0.717, 1.165) is 34.3 Å². The van der Waals surface area contributed by atoms with Gasteiger partial charge in [-0.1, -0.05) is 36.4 Å². The highest BCUT2D eigenvalue weighted by atomic mass is 32.2. The van der Waals surface area contributed by atoms with Crippen LogP contribution in [0.3, 0.4) is 0 Å². The van der Waals surface area contributed by atoms with Crippen LogP contribution in [0.1, 0.15) is 24.0 Å². The highest BCUT2D eigenvalue weighted by Gasteiger charge is 2.31. The van der Waals surface area contributed by atoms with Gasteiger partial charge in [0.2, 0.25) is 15.9 Å². The standard InChI is InChI=1S/C19H21F3N2O3S/c1-28(26,27)24(17-10-5-9-16(13-17)19(20,21)22)12-6-11-18(25)23-14-15-7-3-2-4-8-15/h2-5,7-10,13H,6,11-12,14H2,1H3,(H,23,25). The molecular weight excluding hydrogens is 393 g/mol. The lowest BCUT2D eigenvalue weighted by atomic mass is 10.2. The van der Waals surface area contributed by atoms with E-state index in [1.54, 1.807) is 0 Å². The lowest BCUT2D eigenvalue weighted by Crippen LogP contribution is -2.32. The van der Waals surface area contributed by atoms with Crippen molar-refractivity contribution in [3.8, 4) is 0 Å². The van der Waals surface area contributed by atoms with Crippen LogP contribution in [0.25, 0.3) is 0 Å². The van der Waals surface area contributed by atoms with Gasteiger partial charge in [-0.2, -0.15) is 13.2 Å². The van der Waals surface area contributed by atoms with Crippen molar-refractivity contribution in [2.45, 2.75) is 25.6 Å². The van der Waals surface area contributed by atoms with Crippen LogP contribution >= 0.6 is 0 Å². The lowest BCUT2D eigenvalue weighted by molar-refractivity contribution is -0.137. The number of rotatable bonds is 8. The molecule has 0 heterocycles. The predicted molar refractivity (Wildman–Crippen MR) is 101 cm³/mol. The monoisotopic (exact) mass is 414 g/mol. The summed E-state index contributed by atoms with van der Waals surface area (Å²) in [6, 6.07) is 13.4. The van der Waals surface area contributed by atoms with E-state index in [2.05, 4.69) is 5.32 Å². The second-order valence-corrected chi connectivity index (χ2v) is 8.16. The molecule has 9 heteroatoms. The van der Waals surface area contributed by atoms with E-state index in [0.29, 0.717) is 6.54 Å². The van der Waals surface area contributed by atoms with Crippen LogP contribution in [-0.4, -0.2) is 27.1 Å². The van der Waals surface area contributed by atoms with Gasteiger partial charge < -0.3 is 5.32 Å². The first-order valence-electron chi connectivity index (χ1n) is 8.53. The molecule has 152 valence electrons. The molecule has 0 atom stereocenters. The lowest BCUT2D eigenvalue weighted by Gasteiger charge is -2.23. The zero-order chi connectivity index (χ0) is 20.8. The number of nitrogens with zero attached hydrogens (tertiary/aromatic N) is 1. The van der Waals surface area contributed by atoms with Crippen molar-refractivity contribution >= 4 is 21.6 Å². The molecule has 0 radical (unpaired) electrons. The number of anilines is 1. The molecule has 0 aliphatic rings. The first-order valence-corrected chi connectivity index (χ1v) is 10.4. The van der Waals surface area contributed by atoms with E-state index >= 15 is 0 Å². The minimum absolute atomic E-state index is 0.0534. The Labute approximate surface area is 162 Å². The minimum atomic E-state index is -4.57. The van der Waals surface area contributed by atoms with E-state index in [9.17, 15) is 26.4 Å². The second kappa shape index (κ2) is 9.09. The molecule has 2 aromatic carbocycles. The van der Waals surface area contributed by atoms with Crippen molar-refractivity contribution in [1.29, 1.82) is 0 Å². The van der Waals surface area contributed by atoms with E-state index < -0.39 is 21.8 Å². The molecule has 28 heavy (non-hydrogen) atoms. The molecule has 0 bridgehead atoms. The van der Waals surface area contributed by atoms with Gasteiger partial charge in [0.25, 0.3) is 0 Å². The number of carbonyl (C=O) groups is 1. The Morgan fingerprint density at radius 1 is 1.07 bits per heavy atom. The Bertz CT molecular complexity index is 900. The molecule has 0 saturated heterocycles. The molecule has 1 N–H and O–H groups in total. The summed E-state index contributed by atoms with van der Waals surface area (Å²) in [5, 5.41) is 2.72.